The minimum Gasteiger partial charge on any atom is -0.294 e. The van der Waals surface area contributed by atoms with E-state index in [9.17, 15) is 13.2 Å². The van der Waals surface area contributed by atoms with E-state index in [4.69, 9.17) is 0 Å². The molecular formula is C9H10BrNO3S. The maximum absolute atomic E-state index is 11.4. The van der Waals surface area contributed by atoms with Crippen molar-refractivity contribution in [2.24, 2.45) is 0 Å². The fourth-order valence-corrected chi connectivity index (χ4v) is 2.11. The number of hydrogen-bond acceptors (Lipinski definition) is 4. The third-order valence-corrected chi connectivity index (χ3v) is 3.01. The predicted molar refractivity (Wildman–Crippen MR) is 60.6 cm³/mol. The van der Waals surface area contributed by atoms with Crippen LogP contribution in [-0.2, 0) is 16.5 Å². The van der Waals surface area contributed by atoms with E-state index in [2.05, 4.69) is 20.9 Å². The average Bonchev–Trinajstić information content (AvgIpc) is 2.16. The molecule has 0 saturated carbocycles. The van der Waals surface area contributed by atoms with Crippen LogP contribution in [0.4, 0.5) is 0 Å². The predicted octanol–water partition coefficient (Wildman–Crippen LogP) is 1.55. The zero-order valence-corrected chi connectivity index (χ0v) is 10.5. The molecule has 0 aromatic carbocycles. The van der Waals surface area contributed by atoms with Crippen LogP contribution in [0.25, 0.3) is 0 Å². The molecule has 0 fully saturated rings. The van der Waals surface area contributed by atoms with Gasteiger partial charge in [-0.05, 0) is 28.1 Å². The van der Waals surface area contributed by atoms with Crippen LogP contribution < -0.4 is 0 Å². The molecule has 1 aromatic rings. The number of carbonyl (C=O) groups excluding carboxylic acids is 1. The summed E-state index contributed by atoms with van der Waals surface area (Å²) in [5, 5.41) is 0. The Morgan fingerprint density at radius 3 is 2.60 bits per heavy atom. The summed E-state index contributed by atoms with van der Waals surface area (Å²) in [7, 11) is -2.49. The van der Waals surface area contributed by atoms with Crippen LogP contribution in [-0.4, -0.2) is 19.2 Å². The van der Waals surface area contributed by atoms with Crippen LogP contribution in [0.5, 0.6) is 0 Å². The smallest absolute Gasteiger partial charge is 0.165 e. The van der Waals surface area contributed by atoms with Crippen molar-refractivity contribution in [3.63, 3.8) is 0 Å². The fourth-order valence-electron chi connectivity index (χ4n) is 1.09. The van der Waals surface area contributed by atoms with Gasteiger partial charge in [-0.1, -0.05) is 6.92 Å². The number of pyridine rings is 1. The second kappa shape index (κ2) is 5.37. The Morgan fingerprint density at radius 1 is 1.47 bits per heavy atom. The van der Waals surface area contributed by atoms with Crippen LogP contribution in [0.15, 0.2) is 16.7 Å². The topological polar surface area (TPSA) is 64.1 Å². The van der Waals surface area contributed by atoms with Gasteiger partial charge in [0.05, 0.1) is 17.0 Å². The first kappa shape index (κ1) is 12.3. The van der Waals surface area contributed by atoms with E-state index in [-0.39, 0.29) is 11.5 Å². The molecule has 1 rings (SSSR count). The number of carbonyl (C=O) groups is 1. The van der Waals surface area contributed by atoms with Gasteiger partial charge in [0.1, 0.15) is 15.3 Å². The van der Waals surface area contributed by atoms with E-state index in [0.717, 1.165) is 0 Å². The maximum Gasteiger partial charge on any atom is 0.165 e. The summed E-state index contributed by atoms with van der Waals surface area (Å²) in [6.07, 6.45) is 0.398. The number of halogens is 1. The van der Waals surface area contributed by atoms with Crippen molar-refractivity contribution in [1.29, 1.82) is 0 Å². The first-order chi connectivity index (χ1) is 7.04. The Kier molecular flexibility index (Phi) is 4.41. The molecule has 0 aliphatic rings. The lowest BCUT2D eigenvalue weighted by Crippen LogP contribution is -2.01. The molecule has 0 N–H and O–H groups in total. The number of aromatic nitrogens is 1. The minimum atomic E-state index is -2.49. The van der Waals surface area contributed by atoms with Crippen LogP contribution in [0.3, 0.4) is 0 Å². The van der Waals surface area contributed by atoms with Crippen LogP contribution >= 0.6 is 15.9 Å². The first-order valence-corrected chi connectivity index (χ1v) is 6.50. The van der Waals surface area contributed by atoms with Gasteiger partial charge in [0, 0.05) is 6.42 Å². The second-order valence-electron chi connectivity index (χ2n) is 2.91. The van der Waals surface area contributed by atoms with Gasteiger partial charge < -0.3 is 0 Å². The Labute approximate surface area is 97.8 Å². The number of rotatable bonds is 4. The third kappa shape index (κ3) is 3.39. The molecule has 1 aromatic heterocycles. The highest BCUT2D eigenvalue weighted by molar-refractivity contribution is 9.10. The van der Waals surface area contributed by atoms with Crippen LogP contribution in [0.2, 0.25) is 0 Å². The van der Waals surface area contributed by atoms with Crippen molar-refractivity contribution >= 4 is 32.4 Å². The number of Topliss-reactive ketones (excluding diaryl/α,β-unsaturated/α-hetero) is 1. The maximum atomic E-state index is 11.4. The largest absolute Gasteiger partial charge is 0.294 e. The monoisotopic (exact) mass is 291 g/mol. The highest BCUT2D eigenvalue weighted by atomic mass is 79.9. The van der Waals surface area contributed by atoms with E-state index in [1.165, 1.54) is 0 Å². The van der Waals surface area contributed by atoms with Gasteiger partial charge in [-0.3, -0.25) is 4.79 Å². The van der Waals surface area contributed by atoms with Crippen molar-refractivity contribution in [3.8, 4) is 0 Å². The van der Waals surface area contributed by atoms with Gasteiger partial charge >= 0.3 is 0 Å². The molecule has 0 unspecified atom stereocenters. The number of hydrogen-bond donors (Lipinski definition) is 1. The molecule has 6 heteroatoms. The Morgan fingerprint density at radius 2 is 2.13 bits per heavy atom. The molecular weight excluding hydrogens is 282 g/mol. The van der Waals surface area contributed by atoms with Crippen molar-refractivity contribution < 1.29 is 13.2 Å². The lowest BCUT2D eigenvalue weighted by atomic mass is 10.1. The molecule has 0 spiro atoms. The summed E-state index contributed by atoms with van der Waals surface area (Å²) in [4.78, 5) is 15.4. The van der Waals surface area contributed by atoms with E-state index < -0.39 is 10.7 Å². The summed E-state index contributed by atoms with van der Waals surface area (Å²) in [6, 6.07) is 3.15. The van der Waals surface area contributed by atoms with Crippen molar-refractivity contribution in [1.82, 2.24) is 4.98 Å². The Balaban J connectivity index is 3.02. The molecule has 0 saturated heterocycles. The van der Waals surface area contributed by atoms with E-state index in [1.807, 2.05) is 0 Å². The third-order valence-electron chi connectivity index (χ3n) is 1.82. The van der Waals surface area contributed by atoms with Gasteiger partial charge in [0.25, 0.3) is 0 Å². The Bertz CT molecular complexity index is 449. The SMILES string of the molecule is CCC(=O)c1ccc(C[SH](=O)=O)nc1Br. The van der Waals surface area contributed by atoms with Crippen molar-refractivity contribution in [2.45, 2.75) is 19.1 Å². The van der Waals surface area contributed by atoms with Crippen molar-refractivity contribution in [3.05, 3.63) is 28.0 Å². The lowest BCUT2D eigenvalue weighted by molar-refractivity contribution is 0.0987. The van der Waals surface area contributed by atoms with Gasteiger partial charge in [-0.25, -0.2) is 13.4 Å². The highest BCUT2D eigenvalue weighted by Crippen LogP contribution is 2.16. The molecule has 0 amide bonds. The summed E-state index contributed by atoms with van der Waals surface area (Å²) in [5.41, 5.74) is 0.924. The fraction of sp³-hybridized carbons (Fsp3) is 0.333. The molecule has 0 radical (unpaired) electrons. The van der Waals surface area contributed by atoms with Crippen LogP contribution in [0.1, 0.15) is 29.4 Å². The molecule has 0 aliphatic heterocycles. The molecule has 82 valence electrons. The highest BCUT2D eigenvalue weighted by Gasteiger charge is 2.09. The summed E-state index contributed by atoms with van der Waals surface area (Å²) >= 11 is 3.15. The van der Waals surface area contributed by atoms with E-state index in [1.54, 1.807) is 19.1 Å². The number of nitrogens with zero attached hydrogens (tertiary/aromatic N) is 1. The van der Waals surface area contributed by atoms with Gasteiger partial charge in [-0.15, -0.1) is 0 Å². The normalized spacial score (nSPS) is 10.6. The summed E-state index contributed by atoms with van der Waals surface area (Å²) < 4.78 is 21.3. The summed E-state index contributed by atoms with van der Waals surface area (Å²) in [5.74, 6) is -0.124. The zero-order chi connectivity index (χ0) is 11.4. The quantitative estimate of drug-likeness (QED) is 0.519. The van der Waals surface area contributed by atoms with Gasteiger partial charge in [0.15, 0.2) is 5.78 Å². The molecule has 1 heterocycles. The first-order valence-electron chi connectivity index (χ1n) is 4.35. The number of thiol groups is 1. The Hall–Kier alpha value is -0.750. The molecule has 0 bridgehead atoms. The zero-order valence-electron chi connectivity index (χ0n) is 8.07. The van der Waals surface area contributed by atoms with Gasteiger partial charge in [0.2, 0.25) is 0 Å². The van der Waals surface area contributed by atoms with Gasteiger partial charge in [-0.2, -0.15) is 0 Å². The van der Waals surface area contributed by atoms with Crippen molar-refractivity contribution in [2.75, 3.05) is 0 Å². The number of ketones is 1. The van der Waals surface area contributed by atoms with Crippen LogP contribution in [0, 0.1) is 0 Å². The van der Waals surface area contributed by atoms with E-state index in [0.29, 0.717) is 22.3 Å². The molecule has 15 heavy (non-hydrogen) atoms. The molecule has 0 atom stereocenters. The standard InChI is InChI=1S/C9H10BrNO3S/c1-2-8(12)7-4-3-6(5-15(13)14)11-9(7)10/h3-4,15H,2,5H2,1H3. The molecule has 0 aliphatic carbocycles. The van der Waals surface area contributed by atoms with E-state index >= 15 is 0 Å². The average molecular weight is 292 g/mol. The minimum absolute atomic E-state index is 0.0209. The summed E-state index contributed by atoms with van der Waals surface area (Å²) in [6.45, 7) is 1.76. The second-order valence-corrected chi connectivity index (χ2v) is 4.64. The molecule has 4 nitrogen and oxygen atoms in total. The lowest BCUT2D eigenvalue weighted by Gasteiger charge is -2.02.